The lowest BCUT2D eigenvalue weighted by Crippen LogP contribution is -2.47. The van der Waals surface area contributed by atoms with Crippen molar-refractivity contribution >= 4 is 5.69 Å². The first-order valence-electron chi connectivity index (χ1n) is 14.6. The largest absolute Gasteiger partial charge is 0.505 e. The number of phenolic OH excluding ortho intramolecular Hbond substituents is 1. The van der Waals surface area contributed by atoms with E-state index in [1.165, 1.54) is 23.1 Å². The van der Waals surface area contributed by atoms with Crippen LogP contribution < -0.4 is 9.64 Å². The Hall–Kier alpha value is -2.20. The Balaban J connectivity index is 1.49. The molecule has 0 radical (unpaired) electrons. The fraction of sp³-hybridized carbons (Fsp3) is 0.647. The number of anilines is 1. The zero-order valence-corrected chi connectivity index (χ0v) is 25.1. The predicted molar refractivity (Wildman–Crippen MR) is 157 cm³/mol. The van der Waals surface area contributed by atoms with Crippen LogP contribution >= 0.6 is 0 Å². The van der Waals surface area contributed by atoms with Crippen molar-refractivity contribution in [1.29, 1.82) is 0 Å². The number of aryl methyl sites for hydroxylation is 1. The molecule has 5 rings (SSSR count). The quantitative estimate of drug-likeness (QED) is 0.446. The molecule has 2 aromatic carbocycles. The lowest BCUT2D eigenvalue weighted by molar-refractivity contribution is -0.0258. The van der Waals surface area contributed by atoms with Crippen molar-refractivity contribution in [1.82, 2.24) is 0 Å². The minimum atomic E-state index is -0.425. The fourth-order valence-corrected chi connectivity index (χ4v) is 8.11. The van der Waals surface area contributed by atoms with Gasteiger partial charge in [0.2, 0.25) is 0 Å². The second-order valence-corrected chi connectivity index (χ2v) is 14.8. The number of benzene rings is 2. The minimum Gasteiger partial charge on any atom is -0.505 e. The summed E-state index contributed by atoms with van der Waals surface area (Å²) in [5.74, 6) is 2.92. The lowest BCUT2D eigenvalue weighted by atomic mass is 9.55. The van der Waals surface area contributed by atoms with Gasteiger partial charge in [-0.1, -0.05) is 60.6 Å². The average Bonchev–Trinajstić information content (AvgIpc) is 3.12. The Bertz CT molecular complexity index is 1210. The van der Waals surface area contributed by atoms with Gasteiger partial charge in [-0.05, 0) is 101 Å². The summed E-state index contributed by atoms with van der Waals surface area (Å²) < 4.78 is 5.51. The number of aliphatic hydroxyl groups is 1. The van der Waals surface area contributed by atoms with Gasteiger partial charge in [0.1, 0.15) is 11.5 Å². The third-order valence-electron chi connectivity index (χ3n) is 10.5. The summed E-state index contributed by atoms with van der Waals surface area (Å²) in [6.07, 6.45) is 4.96. The van der Waals surface area contributed by atoms with Crippen molar-refractivity contribution < 1.29 is 14.9 Å². The SMILES string of the molecule is COc1ccc2c(c1)CC[C@@H]1[C@@H]2CC[C@]2(C)C(O)C(N(C)c3cc(C(C)(C)C)cc(C(C)(C)C)c3O)C[C@@H]12. The van der Waals surface area contributed by atoms with E-state index in [9.17, 15) is 10.2 Å². The molecule has 6 atom stereocenters. The fourth-order valence-electron chi connectivity index (χ4n) is 8.11. The molecule has 4 nitrogen and oxygen atoms in total. The Morgan fingerprint density at radius 3 is 2.34 bits per heavy atom. The zero-order valence-electron chi connectivity index (χ0n) is 25.1. The van der Waals surface area contributed by atoms with Gasteiger partial charge in [-0.3, -0.25) is 0 Å². The summed E-state index contributed by atoms with van der Waals surface area (Å²) in [7, 11) is 3.83. The van der Waals surface area contributed by atoms with Crippen LogP contribution in [-0.2, 0) is 17.3 Å². The molecule has 2 N–H and O–H groups in total. The third kappa shape index (κ3) is 4.31. The molecule has 0 saturated heterocycles. The van der Waals surface area contributed by atoms with Gasteiger partial charge in [0.15, 0.2) is 0 Å². The van der Waals surface area contributed by atoms with E-state index in [4.69, 9.17) is 4.74 Å². The van der Waals surface area contributed by atoms with E-state index in [1.807, 2.05) is 0 Å². The van der Waals surface area contributed by atoms with E-state index < -0.39 is 6.10 Å². The van der Waals surface area contributed by atoms with E-state index in [0.29, 0.717) is 23.5 Å². The Morgan fingerprint density at radius 1 is 1.00 bits per heavy atom. The second-order valence-electron chi connectivity index (χ2n) is 14.8. The van der Waals surface area contributed by atoms with Crippen LogP contribution in [0.4, 0.5) is 5.69 Å². The van der Waals surface area contributed by atoms with Crippen molar-refractivity contribution in [2.75, 3.05) is 19.1 Å². The molecule has 3 aliphatic rings. The zero-order chi connectivity index (χ0) is 27.8. The van der Waals surface area contributed by atoms with E-state index >= 15 is 0 Å². The summed E-state index contributed by atoms with van der Waals surface area (Å²) >= 11 is 0. The number of aromatic hydroxyl groups is 1. The Labute approximate surface area is 230 Å². The van der Waals surface area contributed by atoms with Crippen LogP contribution in [-0.4, -0.2) is 36.5 Å². The molecule has 0 aromatic heterocycles. The van der Waals surface area contributed by atoms with Crippen molar-refractivity contribution in [3.05, 3.63) is 52.6 Å². The molecule has 38 heavy (non-hydrogen) atoms. The van der Waals surface area contributed by atoms with Crippen LogP contribution in [0.25, 0.3) is 0 Å². The number of hydrogen-bond acceptors (Lipinski definition) is 4. The number of fused-ring (bicyclic) bond motifs is 5. The lowest BCUT2D eigenvalue weighted by Gasteiger charge is -2.50. The van der Waals surface area contributed by atoms with Crippen LogP contribution in [0.15, 0.2) is 30.3 Å². The predicted octanol–water partition coefficient (Wildman–Crippen LogP) is 7.33. The first-order valence-corrected chi connectivity index (χ1v) is 14.6. The molecule has 2 unspecified atom stereocenters. The van der Waals surface area contributed by atoms with E-state index in [0.717, 1.165) is 42.7 Å². The minimum absolute atomic E-state index is 0.0186. The number of likely N-dealkylation sites (N-methyl/N-ethyl adjacent to an activating group) is 1. The number of methoxy groups -OCH3 is 1. The van der Waals surface area contributed by atoms with Gasteiger partial charge in [-0.25, -0.2) is 0 Å². The third-order valence-corrected chi connectivity index (χ3v) is 10.5. The number of nitrogens with zero attached hydrogens (tertiary/aromatic N) is 1. The van der Waals surface area contributed by atoms with Crippen molar-refractivity contribution in [2.24, 2.45) is 17.3 Å². The Kier molecular flexibility index (Phi) is 6.61. The molecular formula is C34H49NO3. The van der Waals surface area contributed by atoms with E-state index in [2.05, 4.69) is 90.7 Å². The molecule has 4 heteroatoms. The average molecular weight is 520 g/mol. The molecule has 2 saturated carbocycles. The molecule has 2 aromatic rings. The van der Waals surface area contributed by atoms with Gasteiger partial charge in [0, 0.05) is 12.6 Å². The molecule has 0 spiro atoms. The highest BCUT2D eigenvalue weighted by Crippen LogP contribution is 2.62. The van der Waals surface area contributed by atoms with E-state index in [1.54, 1.807) is 7.11 Å². The second kappa shape index (κ2) is 9.18. The standard InChI is InChI=1S/C34H49NO3/c1-32(2,3)21-17-27(33(4,5)6)30(36)28(18-21)35(8)29-19-26-25-12-10-20-16-22(38-9)11-13-23(20)24(25)14-15-34(26,7)31(29)37/h11,13,16-18,24-26,29,31,36-37H,10,12,14-15,19H2,1-9H3/t24-,25-,26+,29?,31?,34+/m1/s1. The maximum Gasteiger partial charge on any atom is 0.142 e. The number of rotatable bonds is 3. The van der Waals surface area contributed by atoms with Crippen LogP contribution in [0.3, 0.4) is 0 Å². The monoisotopic (exact) mass is 519 g/mol. The van der Waals surface area contributed by atoms with Gasteiger partial charge in [0.05, 0.1) is 24.9 Å². The number of hydrogen-bond donors (Lipinski definition) is 2. The normalized spacial score (nSPS) is 30.8. The summed E-state index contributed by atoms with van der Waals surface area (Å²) in [6, 6.07) is 11.0. The first-order chi connectivity index (χ1) is 17.7. The topological polar surface area (TPSA) is 52.9 Å². The maximum atomic E-state index is 11.9. The maximum absolute atomic E-state index is 11.9. The van der Waals surface area contributed by atoms with E-state index in [-0.39, 0.29) is 22.3 Å². The molecule has 3 aliphatic carbocycles. The highest BCUT2D eigenvalue weighted by molar-refractivity contribution is 5.65. The molecule has 0 heterocycles. The number of aliphatic hydroxyl groups excluding tert-OH is 1. The van der Waals surface area contributed by atoms with Gasteiger partial charge in [-0.2, -0.15) is 0 Å². The van der Waals surface area contributed by atoms with Crippen molar-refractivity contribution in [2.45, 2.75) is 109 Å². The Morgan fingerprint density at radius 2 is 1.71 bits per heavy atom. The summed E-state index contributed by atoms with van der Waals surface area (Å²) in [6.45, 7) is 15.5. The van der Waals surface area contributed by atoms with Gasteiger partial charge in [0.25, 0.3) is 0 Å². The summed E-state index contributed by atoms with van der Waals surface area (Å²) in [4.78, 5) is 2.21. The molecule has 0 aliphatic heterocycles. The highest BCUT2D eigenvalue weighted by atomic mass is 16.5. The summed E-state index contributed by atoms with van der Waals surface area (Å²) in [5, 5.41) is 23.5. The molecule has 0 amide bonds. The van der Waals surface area contributed by atoms with Gasteiger partial charge in [-0.15, -0.1) is 0 Å². The first kappa shape index (κ1) is 27.4. The molecule has 208 valence electrons. The number of phenols is 1. The van der Waals surface area contributed by atoms with Crippen LogP contribution in [0.5, 0.6) is 11.5 Å². The van der Waals surface area contributed by atoms with Gasteiger partial charge < -0.3 is 19.8 Å². The van der Waals surface area contributed by atoms with Crippen molar-refractivity contribution in [3.8, 4) is 11.5 Å². The van der Waals surface area contributed by atoms with Gasteiger partial charge >= 0.3 is 0 Å². The molecular weight excluding hydrogens is 470 g/mol. The smallest absolute Gasteiger partial charge is 0.142 e. The van der Waals surface area contributed by atoms with Crippen molar-refractivity contribution in [3.63, 3.8) is 0 Å². The summed E-state index contributed by atoms with van der Waals surface area (Å²) in [5.41, 5.74) is 5.67. The highest BCUT2D eigenvalue weighted by Gasteiger charge is 2.59. The molecule has 0 bridgehead atoms. The van der Waals surface area contributed by atoms with Crippen LogP contribution in [0.2, 0.25) is 0 Å². The number of ether oxygens (including phenoxy) is 1. The van der Waals surface area contributed by atoms with Crippen LogP contribution in [0, 0.1) is 17.3 Å². The van der Waals surface area contributed by atoms with Crippen LogP contribution in [0.1, 0.15) is 102 Å². The molecule has 2 fully saturated rings.